The topological polar surface area (TPSA) is 101 Å². The number of ether oxygens (including phenoxy) is 2. The van der Waals surface area contributed by atoms with Crippen molar-refractivity contribution in [1.82, 2.24) is 15.2 Å². The van der Waals surface area contributed by atoms with Crippen molar-refractivity contribution >= 4 is 11.8 Å². The van der Waals surface area contributed by atoms with Gasteiger partial charge in [-0.05, 0) is 44.2 Å². The van der Waals surface area contributed by atoms with Gasteiger partial charge in [0.05, 0.1) is 37.9 Å². The summed E-state index contributed by atoms with van der Waals surface area (Å²) in [7, 11) is 0. The molecule has 2 N–H and O–H groups in total. The highest BCUT2D eigenvalue weighted by molar-refractivity contribution is 5.94. The van der Waals surface area contributed by atoms with Gasteiger partial charge in [0.25, 0.3) is 5.91 Å². The predicted molar refractivity (Wildman–Crippen MR) is 104 cm³/mol. The molecule has 0 bridgehead atoms. The molecule has 1 saturated carbocycles. The van der Waals surface area contributed by atoms with Gasteiger partial charge in [-0.25, -0.2) is 0 Å². The number of β-amino-alcohol motifs (C(OH)–C–C–N with tert-alkyl or cyclic N) is 1. The first-order valence-electron chi connectivity index (χ1n) is 10.5. The second-order valence-electron chi connectivity index (χ2n) is 8.23. The average Bonchev–Trinajstić information content (AvgIpc) is 2.68. The van der Waals surface area contributed by atoms with E-state index in [0.717, 1.165) is 12.8 Å². The molecule has 0 spiro atoms. The maximum Gasteiger partial charge on any atom is 0.254 e. The van der Waals surface area contributed by atoms with Gasteiger partial charge in [0.15, 0.2) is 0 Å². The van der Waals surface area contributed by atoms with E-state index in [9.17, 15) is 14.7 Å². The van der Waals surface area contributed by atoms with Crippen LogP contribution in [-0.2, 0) is 14.3 Å². The largest absolute Gasteiger partial charge is 0.389 e. The molecule has 0 radical (unpaired) electrons. The number of carbonyl (C=O) groups is 2. The SMILES string of the molecule is O=C(C[C@@H]1CC[C@@H]2[C@H](COC[C@@H](O)CN2C(=O)c2ccncc2)O1)NC1CCC1. The quantitative estimate of drug-likeness (QED) is 0.774. The Morgan fingerprint density at radius 3 is 2.69 bits per heavy atom. The van der Waals surface area contributed by atoms with Crippen LogP contribution in [0.2, 0.25) is 0 Å². The van der Waals surface area contributed by atoms with Crippen LogP contribution in [0.5, 0.6) is 0 Å². The maximum atomic E-state index is 13.1. The van der Waals surface area contributed by atoms with Crippen LogP contribution in [0.1, 0.15) is 48.9 Å². The summed E-state index contributed by atoms with van der Waals surface area (Å²) >= 11 is 0. The molecule has 29 heavy (non-hydrogen) atoms. The highest BCUT2D eigenvalue weighted by Crippen LogP contribution is 2.29. The van der Waals surface area contributed by atoms with Crippen LogP contribution in [0.4, 0.5) is 0 Å². The van der Waals surface area contributed by atoms with Gasteiger partial charge in [0, 0.05) is 30.5 Å². The fourth-order valence-electron chi connectivity index (χ4n) is 4.28. The van der Waals surface area contributed by atoms with E-state index < -0.39 is 6.10 Å². The van der Waals surface area contributed by atoms with Crippen LogP contribution < -0.4 is 5.32 Å². The van der Waals surface area contributed by atoms with E-state index >= 15 is 0 Å². The Morgan fingerprint density at radius 2 is 1.97 bits per heavy atom. The second-order valence-corrected chi connectivity index (χ2v) is 8.23. The van der Waals surface area contributed by atoms with E-state index in [4.69, 9.17) is 9.47 Å². The lowest BCUT2D eigenvalue weighted by atomic mass is 9.92. The third kappa shape index (κ3) is 4.94. The van der Waals surface area contributed by atoms with Gasteiger partial charge in [0.2, 0.25) is 5.91 Å². The number of aliphatic hydroxyl groups is 1. The molecule has 0 unspecified atom stereocenters. The van der Waals surface area contributed by atoms with Crippen LogP contribution in [0.25, 0.3) is 0 Å². The Hall–Kier alpha value is -2.03. The van der Waals surface area contributed by atoms with E-state index in [1.807, 2.05) is 0 Å². The van der Waals surface area contributed by atoms with E-state index in [-0.39, 0.29) is 43.2 Å². The summed E-state index contributed by atoms with van der Waals surface area (Å²) in [5, 5.41) is 13.3. The minimum Gasteiger partial charge on any atom is -0.389 e. The molecular weight excluding hydrogens is 374 g/mol. The van der Waals surface area contributed by atoms with Crippen molar-refractivity contribution in [2.45, 2.75) is 68.9 Å². The number of aromatic nitrogens is 1. The van der Waals surface area contributed by atoms with Crippen LogP contribution >= 0.6 is 0 Å². The lowest BCUT2D eigenvalue weighted by molar-refractivity contribution is -0.151. The van der Waals surface area contributed by atoms with Gasteiger partial charge in [-0.15, -0.1) is 0 Å². The number of fused-ring (bicyclic) bond motifs is 1. The smallest absolute Gasteiger partial charge is 0.254 e. The van der Waals surface area contributed by atoms with Gasteiger partial charge < -0.3 is 24.8 Å². The first kappa shape index (κ1) is 20.3. The molecule has 8 heteroatoms. The summed E-state index contributed by atoms with van der Waals surface area (Å²) in [5.41, 5.74) is 0.537. The Kier molecular flexibility index (Phi) is 6.42. The zero-order valence-electron chi connectivity index (χ0n) is 16.5. The molecule has 1 aliphatic carbocycles. The third-order valence-corrected chi connectivity index (χ3v) is 6.05. The zero-order valence-corrected chi connectivity index (χ0v) is 16.5. The third-order valence-electron chi connectivity index (χ3n) is 6.05. The van der Waals surface area contributed by atoms with E-state index in [0.29, 0.717) is 37.5 Å². The fourth-order valence-corrected chi connectivity index (χ4v) is 4.28. The second kappa shape index (κ2) is 9.19. The Bertz CT molecular complexity index is 712. The molecule has 0 aromatic carbocycles. The van der Waals surface area contributed by atoms with Crippen LogP contribution in [0, 0.1) is 0 Å². The van der Waals surface area contributed by atoms with Gasteiger partial charge >= 0.3 is 0 Å². The normalized spacial score (nSPS) is 30.4. The molecule has 3 aliphatic rings. The van der Waals surface area contributed by atoms with Gasteiger partial charge in [-0.3, -0.25) is 14.6 Å². The molecular formula is C21H29N3O5. The van der Waals surface area contributed by atoms with Crippen LogP contribution in [0.3, 0.4) is 0 Å². The number of rotatable bonds is 4. The Morgan fingerprint density at radius 1 is 1.17 bits per heavy atom. The number of pyridine rings is 1. The summed E-state index contributed by atoms with van der Waals surface area (Å²) in [4.78, 5) is 31.1. The summed E-state index contributed by atoms with van der Waals surface area (Å²) in [6, 6.07) is 3.47. The van der Waals surface area contributed by atoms with Crippen molar-refractivity contribution < 1.29 is 24.2 Å². The average molecular weight is 403 g/mol. The molecule has 2 aliphatic heterocycles. The van der Waals surface area contributed by atoms with Crippen LogP contribution in [0.15, 0.2) is 24.5 Å². The van der Waals surface area contributed by atoms with E-state index in [1.54, 1.807) is 29.4 Å². The van der Waals surface area contributed by atoms with Crippen molar-refractivity contribution in [2.24, 2.45) is 0 Å². The van der Waals surface area contributed by atoms with Gasteiger partial charge in [0.1, 0.15) is 6.10 Å². The summed E-state index contributed by atoms with van der Waals surface area (Å²) in [6.07, 6.45) is 6.96. The van der Waals surface area contributed by atoms with Gasteiger partial charge in [-0.1, -0.05) is 0 Å². The van der Waals surface area contributed by atoms with E-state index in [2.05, 4.69) is 10.3 Å². The standard InChI is InChI=1S/C21H29N3O5/c25-16-11-24(21(27)14-6-8-22-9-7-14)18-5-4-17(29-19(18)13-28-12-16)10-20(26)23-15-2-1-3-15/h6-9,15-19,25H,1-5,10-13H2,(H,23,26)/t16-,17-,18+,19-/m0/s1. The highest BCUT2D eigenvalue weighted by Gasteiger charge is 2.40. The lowest BCUT2D eigenvalue weighted by Crippen LogP contribution is -2.57. The Labute approximate surface area is 170 Å². The molecule has 3 fully saturated rings. The molecule has 4 atom stereocenters. The minimum atomic E-state index is -0.743. The number of carbonyl (C=O) groups excluding carboxylic acids is 2. The molecule has 2 saturated heterocycles. The number of nitrogens with one attached hydrogen (secondary N) is 1. The highest BCUT2D eigenvalue weighted by atomic mass is 16.5. The first-order chi connectivity index (χ1) is 14.1. The van der Waals surface area contributed by atoms with Crippen molar-refractivity contribution in [3.05, 3.63) is 30.1 Å². The van der Waals surface area contributed by atoms with Crippen molar-refractivity contribution in [3.8, 4) is 0 Å². The minimum absolute atomic E-state index is 0.0325. The monoisotopic (exact) mass is 403 g/mol. The Balaban J connectivity index is 1.42. The zero-order chi connectivity index (χ0) is 20.2. The molecule has 1 aromatic heterocycles. The number of hydrogen-bond acceptors (Lipinski definition) is 6. The number of aliphatic hydroxyl groups excluding tert-OH is 1. The predicted octanol–water partition coefficient (Wildman–Crippen LogP) is 0.890. The number of nitrogens with zero attached hydrogens (tertiary/aromatic N) is 2. The number of hydrogen-bond donors (Lipinski definition) is 2. The lowest BCUT2D eigenvalue weighted by Gasteiger charge is -2.44. The van der Waals surface area contributed by atoms with Crippen molar-refractivity contribution in [3.63, 3.8) is 0 Å². The van der Waals surface area contributed by atoms with Crippen molar-refractivity contribution in [1.29, 1.82) is 0 Å². The molecule has 4 rings (SSSR count). The molecule has 158 valence electrons. The summed E-state index contributed by atoms with van der Waals surface area (Å²) < 4.78 is 11.8. The van der Waals surface area contributed by atoms with Gasteiger partial charge in [-0.2, -0.15) is 0 Å². The molecule has 8 nitrogen and oxygen atoms in total. The fraction of sp³-hybridized carbons (Fsp3) is 0.667. The summed E-state index contributed by atoms with van der Waals surface area (Å²) in [6.45, 7) is 0.640. The molecule has 2 amide bonds. The number of amides is 2. The molecule has 1 aromatic rings. The molecule has 3 heterocycles. The summed E-state index contributed by atoms with van der Waals surface area (Å²) in [5.74, 6) is -0.113. The maximum absolute atomic E-state index is 13.1. The van der Waals surface area contributed by atoms with E-state index in [1.165, 1.54) is 6.42 Å². The first-order valence-corrected chi connectivity index (χ1v) is 10.5. The van der Waals surface area contributed by atoms with Crippen molar-refractivity contribution in [2.75, 3.05) is 19.8 Å². The van der Waals surface area contributed by atoms with Crippen LogP contribution in [-0.4, -0.2) is 77.0 Å².